The van der Waals surface area contributed by atoms with E-state index in [1.165, 1.54) is 7.11 Å². The summed E-state index contributed by atoms with van der Waals surface area (Å²) in [5, 5.41) is 22.1. The standard InChI is InChI=1S/C10H20N2O5/c1-3-4-7(6-17-2)11-10(16)12-8(5-13)9(14)15/h7-8,13H,3-6H2,1-2H3,(H,14,15)(H2,11,12,16). The number of carboxylic acids is 1. The fraction of sp³-hybridized carbons (Fsp3) is 0.800. The van der Waals surface area contributed by atoms with E-state index in [0.29, 0.717) is 6.61 Å². The van der Waals surface area contributed by atoms with Crippen molar-refractivity contribution in [1.82, 2.24) is 10.6 Å². The van der Waals surface area contributed by atoms with Gasteiger partial charge >= 0.3 is 12.0 Å². The minimum Gasteiger partial charge on any atom is -0.480 e. The van der Waals surface area contributed by atoms with Crippen LogP contribution in [0, 0.1) is 0 Å². The number of aliphatic hydroxyl groups is 1. The molecule has 0 bridgehead atoms. The fourth-order valence-electron chi connectivity index (χ4n) is 1.32. The van der Waals surface area contributed by atoms with Crippen LogP contribution >= 0.6 is 0 Å². The van der Waals surface area contributed by atoms with E-state index < -0.39 is 24.6 Å². The lowest BCUT2D eigenvalue weighted by Gasteiger charge is -2.19. The van der Waals surface area contributed by atoms with Crippen LogP contribution < -0.4 is 10.6 Å². The number of nitrogens with one attached hydrogen (secondary N) is 2. The molecule has 0 fully saturated rings. The maximum Gasteiger partial charge on any atom is 0.328 e. The number of urea groups is 1. The maximum atomic E-state index is 11.4. The Bertz CT molecular complexity index is 241. The summed E-state index contributed by atoms with van der Waals surface area (Å²) >= 11 is 0. The first kappa shape index (κ1) is 15.7. The van der Waals surface area contributed by atoms with Gasteiger partial charge in [0.15, 0.2) is 6.04 Å². The summed E-state index contributed by atoms with van der Waals surface area (Å²) in [4.78, 5) is 22.0. The number of ether oxygens (including phenoxy) is 1. The third-order valence-electron chi connectivity index (χ3n) is 2.13. The molecule has 0 heterocycles. The predicted octanol–water partition coefficient (Wildman–Crippen LogP) is -0.454. The zero-order chi connectivity index (χ0) is 13.3. The van der Waals surface area contributed by atoms with E-state index in [1.807, 2.05) is 6.92 Å². The van der Waals surface area contributed by atoms with Crippen molar-refractivity contribution in [3.05, 3.63) is 0 Å². The molecule has 17 heavy (non-hydrogen) atoms. The highest BCUT2D eigenvalue weighted by Gasteiger charge is 2.20. The molecule has 2 unspecified atom stereocenters. The van der Waals surface area contributed by atoms with Gasteiger partial charge < -0.3 is 25.6 Å². The van der Waals surface area contributed by atoms with Crippen LogP contribution in [-0.4, -0.2) is 54.6 Å². The third-order valence-corrected chi connectivity index (χ3v) is 2.13. The topological polar surface area (TPSA) is 108 Å². The second kappa shape index (κ2) is 8.77. The average Bonchev–Trinajstić information content (AvgIpc) is 2.26. The second-order valence-electron chi connectivity index (χ2n) is 3.63. The Kier molecular flexibility index (Phi) is 8.08. The number of aliphatic carboxylic acids is 1. The smallest absolute Gasteiger partial charge is 0.328 e. The van der Waals surface area contributed by atoms with Crippen molar-refractivity contribution in [2.24, 2.45) is 0 Å². The molecule has 0 radical (unpaired) electrons. The van der Waals surface area contributed by atoms with Crippen LogP contribution in [0.5, 0.6) is 0 Å². The molecule has 0 aliphatic rings. The molecule has 0 saturated carbocycles. The van der Waals surface area contributed by atoms with Crippen molar-refractivity contribution >= 4 is 12.0 Å². The van der Waals surface area contributed by atoms with E-state index in [4.69, 9.17) is 14.9 Å². The van der Waals surface area contributed by atoms with Gasteiger partial charge in [0.2, 0.25) is 0 Å². The molecule has 7 nitrogen and oxygen atoms in total. The van der Waals surface area contributed by atoms with E-state index in [2.05, 4.69) is 10.6 Å². The fourth-order valence-corrected chi connectivity index (χ4v) is 1.32. The molecule has 4 N–H and O–H groups in total. The number of amides is 2. The summed E-state index contributed by atoms with van der Waals surface area (Å²) in [6, 6.07) is -2.08. The quantitative estimate of drug-likeness (QED) is 0.465. The number of hydrogen-bond donors (Lipinski definition) is 4. The van der Waals surface area contributed by atoms with Crippen molar-refractivity contribution in [2.75, 3.05) is 20.3 Å². The van der Waals surface area contributed by atoms with Gasteiger partial charge in [-0.1, -0.05) is 13.3 Å². The average molecular weight is 248 g/mol. The Morgan fingerprint density at radius 1 is 1.35 bits per heavy atom. The van der Waals surface area contributed by atoms with E-state index in [1.54, 1.807) is 0 Å². The SMILES string of the molecule is CCCC(COC)NC(=O)NC(CO)C(=O)O. The summed E-state index contributed by atoms with van der Waals surface area (Å²) < 4.78 is 4.93. The van der Waals surface area contributed by atoms with Crippen LogP contribution in [0.2, 0.25) is 0 Å². The molecule has 2 amide bonds. The molecule has 100 valence electrons. The molecule has 0 aromatic rings. The molecule has 0 aromatic heterocycles. The van der Waals surface area contributed by atoms with E-state index >= 15 is 0 Å². The number of carbonyl (C=O) groups is 2. The highest BCUT2D eigenvalue weighted by molar-refractivity contribution is 5.82. The molecular formula is C10H20N2O5. The predicted molar refractivity (Wildman–Crippen MR) is 60.7 cm³/mol. The van der Waals surface area contributed by atoms with Gasteiger partial charge in [0.25, 0.3) is 0 Å². The van der Waals surface area contributed by atoms with Crippen LogP contribution in [0.4, 0.5) is 4.79 Å². The van der Waals surface area contributed by atoms with Gasteiger partial charge in [0.1, 0.15) is 0 Å². The first-order valence-electron chi connectivity index (χ1n) is 5.44. The molecule has 0 rings (SSSR count). The van der Waals surface area contributed by atoms with Crippen molar-refractivity contribution in [2.45, 2.75) is 31.8 Å². The van der Waals surface area contributed by atoms with Gasteiger partial charge in [-0.05, 0) is 6.42 Å². The van der Waals surface area contributed by atoms with E-state index in [9.17, 15) is 9.59 Å². The molecule has 0 aliphatic carbocycles. The van der Waals surface area contributed by atoms with Gasteiger partial charge in [0, 0.05) is 7.11 Å². The first-order valence-corrected chi connectivity index (χ1v) is 5.44. The van der Waals surface area contributed by atoms with E-state index in [0.717, 1.165) is 12.8 Å². The van der Waals surface area contributed by atoms with Crippen LogP contribution in [-0.2, 0) is 9.53 Å². The molecule has 7 heteroatoms. The van der Waals surface area contributed by atoms with Crippen molar-refractivity contribution in [1.29, 1.82) is 0 Å². The van der Waals surface area contributed by atoms with Gasteiger partial charge in [0.05, 0.1) is 19.3 Å². The van der Waals surface area contributed by atoms with Crippen LogP contribution in [0.3, 0.4) is 0 Å². The molecular weight excluding hydrogens is 228 g/mol. The van der Waals surface area contributed by atoms with Crippen LogP contribution in [0.15, 0.2) is 0 Å². The molecule has 2 atom stereocenters. The monoisotopic (exact) mass is 248 g/mol. The van der Waals surface area contributed by atoms with Crippen molar-refractivity contribution in [3.63, 3.8) is 0 Å². The van der Waals surface area contributed by atoms with Gasteiger partial charge in [-0.15, -0.1) is 0 Å². The summed E-state index contributed by atoms with van der Waals surface area (Å²) in [5.41, 5.74) is 0. The molecule has 0 saturated heterocycles. The molecule has 0 spiro atoms. The minimum absolute atomic E-state index is 0.168. The summed E-state index contributed by atoms with van der Waals surface area (Å²) in [6.45, 7) is 1.68. The van der Waals surface area contributed by atoms with Gasteiger partial charge in [-0.3, -0.25) is 0 Å². The minimum atomic E-state index is -1.29. The highest BCUT2D eigenvalue weighted by Crippen LogP contribution is 1.97. The Labute approximate surface area is 100 Å². The van der Waals surface area contributed by atoms with Gasteiger partial charge in [-0.2, -0.15) is 0 Å². The Morgan fingerprint density at radius 2 is 2.00 bits per heavy atom. The lowest BCUT2D eigenvalue weighted by atomic mass is 10.2. The summed E-state index contributed by atoms with van der Waals surface area (Å²) in [5.74, 6) is -1.28. The number of hydrogen-bond acceptors (Lipinski definition) is 4. The highest BCUT2D eigenvalue weighted by atomic mass is 16.5. The molecule has 0 aromatic carbocycles. The normalized spacial score (nSPS) is 13.8. The van der Waals surface area contributed by atoms with Gasteiger partial charge in [-0.25, -0.2) is 9.59 Å². The summed E-state index contributed by atoms with van der Waals surface area (Å²) in [6.07, 6.45) is 1.61. The largest absolute Gasteiger partial charge is 0.480 e. The van der Waals surface area contributed by atoms with Crippen LogP contribution in [0.25, 0.3) is 0 Å². The lowest BCUT2D eigenvalue weighted by molar-refractivity contribution is -0.140. The Morgan fingerprint density at radius 3 is 2.41 bits per heavy atom. The number of methoxy groups -OCH3 is 1. The lowest BCUT2D eigenvalue weighted by Crippen LogP contribution is -2.51. The molecule has 0 aliphatic heterocycles. The van der Waals surface area contributed by atoms with E-state index in [-0.39, 0.29) is 6.04 Å². The summed E-state index contributed by atoms with van der Waals surface area (Å²) in [7, 11) is 1.52. The second-order valence-corrected chi connectivity index (χ2v) is 3.63. The number of aliphatic hydroxyl groups excluding tert-OH is 1. The Hall–Kier alpha value is -1.34. The first-order chi connectivity index (χ1) is 8.04. The number of carbonyl (C=O) groups excluding carboxylic acids is 1. The number of carboxylic acid groups (broad SMARTS) is 1. The Balaban J connectivity index is 4.16. The van der Waals surface area contributed by atoms with Crippen molar-refractivity contribution in [3.8, 4) is 0 Å². The zero-order valence-corrected chi connectivity index (χ0v) is 10.1. The number of rotatable bonds is 8. The maximum absolute atomic E-state index is 11.4. The third kappa shape index (κ3) is 6.75. The van der Waals surface area contributed by atoms with Crippen molar-refractivity contribution < 1.29 is 24.5 Å². The zero-order valence-electron chi connectivity index (χ0n) is 10.1. The van der Waals surface area contributed by atoms with Crippen LogP contribution in [0.1, 0.15) is 19.8 Å².